The number of carbonyl (C=O) groups is 1. The number of carbonyl (C=O) groups excluding carboxylic acids is 1. The van der Waals surface area contributed by atoms with Gasteiger partial charge >= 0.3 is 0 Å². The second kappa shape index (κ2) is 6.05. The number of hydrogen-bond donors (Lipinski definition) is 1. The first-order valence-corrected chi connectivity index (χ1v) is 6.35. The minimum absolute atomic E-state index is 0.0467. The summed E-state index contributed by atoms with van der Waals surface area (Å²) in [6, 6.07) is 0. The van der Waals surface area contributed by atoms with Gasteiger partial charge in [0.1, 0.15) is 0 Å². The van der Waals surface area contributed by atoms with Crippen molar-refractivity contribution in [1.82, 2.24) is 15.1 Å². The molecule has 1 rings (SSSR count). The highest BCUT2D eigenvalue weighted by Crippen LogP contribution is 2.11. The summed E-state index contributed by atoms with van der Waals surface area (Å²) in [7, 11) is 1.84. The van der Waals surface area contributed by atoms with Crippen molar-refractivity contribution in [2.24, 2.45) is 13.0 Å². The monoisotopic (exact) mass is 257 g/mol. The van der Waals surface area contributed by atoms with Crippen molar-refractivity contribution in [2.75, 3.05) is 12.4 Å². The predicted octanol–water partition coefficient (Wildman–Crippen LogP) is 2.03. The van der Waals surface area contributed by atoms with Crippen LogP contribution in [0.15, 0.2) is 0 Å². The highest BCUT2D eigenvalue weighted by molar-refractivity contribution is 6.17. The Hall–Kier alpha value is -1.03. The summed E-state index contributed by atoms with van der Waals surface area (Å²) in [5.74, 6) is 0.977. The van der Waals surface area contributed by atoms with Gasteiger partial charge in [0.15, 0.2) is 0 Å². The lowest BCUT2D eigenvalue weighted by Crippen LogP contribution is -2.29. The van der Waals surface area contributed by atoms with E-state index in [-0.39, 0.29) is 5.91 Å². The van der Waals surface area contributed by atoms with Crippen molar-refractivity contribution in [3.63, 3.8) is 0 Å². The maximum atomic E-state index is 12.0. The van der Waals surface area contributed by atoms with E-state index in [2.05, 4.69) is 17.3 Å². The highest BCUT2D eigenvalue weighted by Gasteiger charge is 2.17. The van der Waals surface area contributed by atoms with Crippen molar-refractivity contribution in [1.29, 1.82) is 0 Å². The number of nitrogens with zero attached hydrogens (tertiary/aromatic N) is 2. The number of aryl methyl sites for hydroxylation is 2. The zero-order valence-electron chi connectivity index (χ0n) is 10.9. The number of aromatic nitrogens is 2. The van der Waals surface area contributed by atoms with Gasteiger partial charge in [0.2, 0.25) is 0 Å². The quantitative estimate of drug-likeness (QED) is 0.821. The SMILES string of the molecule is Cc1nn(C)c(C)c1C(=O)NCC(C)CCCl. The van der Waals surface area contributed by atoms with Gasteiger partial charge < -0.3 is 5.32 Å². The molecule has 0 saturated carbocycles. The van der Waals surface area contributed by atoms with E-state index in [9.17, 15) is 4.79 Å². The van der Waals surface area contributed by atoms with Crippen molar-refractivity contribution in [2.45, 2.75) is 27.2 Å². The molecule has 4 nitrogen and oxygen atoms in total. The largest absolute Gasteiger partial charge is 0.352 e. The van der Waals surface area contributed by atoms with Crippen LogP contribution in [0.1, 0.15) is 35.1 Å². The Morgan fingerprint density at radius 3 is 2.65 bits per heavy atom. The molecular weight excluding hydrogens is 238 g/mol. The third-order valence-corrected chi connectivity index (χ3v) is 3.17. The molecule has 96 valence electrons. The Kier molecular flexibility index (Phi) is 5.00. The van der Waals surface area contributed by atoms with E-state index in [4.69, 9.17) is 11.6 Å². The van der Waals surface area contributed by atoms with E-state index in [0.29, 0.717) is 23.9 Å². The van der Waals surface area contributed by atoms with E-state index in [1.54, 1.807) is 4.68 Å². The summed E-state index contributed by atoms with van der Waals surface area (Å²) in [5, 5.41) is 7.16. The second-order valence-corrected chi connectivity index (χ2v) is 4.84. The van der Waals surface area contributed by atoms with Gasteiger partial charge in [0.05, 0.1) is 11.3 Å². The molecule has 0 radical (unpaired) electrons. The molecule has 1 aromatic rings. The molecule has 0 aliphatic heterocycles. The number of halogens is 1. The first-order valence-electron chi connectivity index (χ1n) is 5.81. The second-order valence-electron chi connectivity index (χ2n) is 4.46. The Balaban J connectivity index is 2.64. The van der Waals surface area contributed by atoms with Crippen LogP contribution in [-0.2, 0) is 7.05 Å². The van der Waals surface area contributed by atoms with Crippen LogP contribution in [0.5, 0.6) is 0 Å². The van der Waals surface area contributed by atoms with Crippen molar-refractivity contribution in [3.8, 4) is 0 Å². The van der Waals surface area contributed by atoms with Crippen LogP contribution < -0.4 is 5.32 Å². The lowest BCUT2D eigenvalue weighted by Gasteiger charge is -2.11. The Labute approximate surface area is 107 Å². The first kappa shape index (κ1) is 14.0. The maximum Gasteiger partial charge on any atom is 0.255 e. The molecule has 17 heavy (non-hydrogen) atoms. The van der Waals surface area contributed by atoms with Crippen LogP contribution in [0.25, 0.3) is 0 Å². The zero-order chi connectivity index (χ0) is 13.0. The van der Waals surface area contributed by atoms with E-state index in [1.807, 2.05) is 20.9 Å². The lowest BCUT2D eigenvalue weighted by molar-refractivity contribution is 0.0946. The molecule has 1 atom stereocenters. The van der Waals surface area contributed by atoms with Crippen molar-refractivity contribution in [3.05, 3.63) is 17.0 Å². The average molecular weight is 258 g/mol. The van der Waals surface area contributed by atoms with Crippen LogP contribution in [0.4, 0.5) is 0 Å². The smallest absolute Gasteiger partial charge is 0.255 e. The third kappa shape index (κ3) is 3.46. The molecule has 1 N–H and O–H groups in total. The molecule has 1 amide bonds. The van der Waals surface area contributed by atoms with Gasteiger partial charge in [-0.1, -0.05) is 6.92 Å². The summed E-state index contributed by atoms with van der Waals surface area (Å²) >= 11 is 5.66. The van der Waals surface area contributed by atoms with E-state index in [1.165, 1.54) is 0 Å². The van der Waals surface area contributed by atoms with Gasteiger partial charge in [-0.3, -0.25) is 9.48 Å². The zero-order valence-corrected chi connectivity index (χ0v) is 11.6. The number of alkyl halides is 1. The fourth-order valence-electron chi connectivity index (χ4n) is 1.75. The van der Waals surface area contributed by atoms with Gasteiger partial charge in [0.25, 0.3) is 5.91 Å². The fraction of sp³-hybridized carbons (Fsp3) is 0.667. The summed E-state index contributed by atoms with van der Waals surface area (Å²) < 4.78 is 1.73. The fourth-order valence-corrected chi connectivity index (χ4v) is 2.12. The molecule has 0 spiro atoms. The summed E-state index contributed by atoms with van der Waals surface area (Å²) in [5.41, 5.74) is 2.35. The van der Waals surface area contributed by atoms with Gasteiger partial charge in [0, 0.05) is 25.2 Å². The molecular formula is C12H20ClN3O. The van der Waals surface area contributed by atoms with E-state index >= 15 is 0 Å². The van der Waals surface area contributed by atoms with Gasteiger partial charge in [-0.15, -0.1) is 11.6 Å². The Morgan fingerprint density at radius 2 is 2.18 bits per heavy atom. The van der Waals surface area contributed by atoms with Crippen LogP contribution in [-0.4, -0.2) is 28.1 Å². The summed E-state index contributed by atoms with van der Waals surface area (Å²) in [6.45, 7) is 6.48. The molecule has 0 aliphatic rings. The number of amides is 1. The van der Waals surface area contributed by atoms with Crippen LogP contribution in [0.3, 0.4) is 0 Å². The molecule has 1 unspecified atom stereocenters. The van der Waals surface area contributed by atoms with Crippen LogP contribution >= 0.6 is 11.6 Å². The standard InChI is InChI=1S/C12H20ClN3O/c1-8(5-6-13)7-14-12(17)11-9(2)15-16(4)10(11)3/h8H,5-7H2,1-4H3,(H,14,17). The highest BCUT2D eigenvalue weighted by atomic mass is 35.5. The van der Waals surface area contributed by atoms with Crippen molar-refractivity contribution >= 4 is 17.5 Å². The summed E-state index contributed by atoms with van der Waals surface area (Å²) in [6.07, 6.45) is 0.910. The maximum absolute atomic E-state index is 12.0. The third-order valence-electron chi connectivity index (χ3n) is 2.95. The molecule has 0 aromatic carbocycles. The van der Waals surface area contributed by atoms with Crippen molar-refractivity contribution < 1.29 is 4.79 Å². The van der Waals surface area contributed by atoms with Crippen LogP contribution in [0.2, 0.25) is 0 Å². The normalized spacial score (nSPS) is 12.5. The predicted molar refractivity (Wildman–Crippen MR) is 69.5 cm³/mol. The topological polar surface area (TPSA) is 46.9 Å². The molecule has 5 heteroatoms. The molecule has 1 aromatic heterocycles. The Bertz CT molecular complexity index is 401. The first-order chi connectivity index (χ1) is 7.97. The number of hydrogen-bond acceptors (Lipinski definition) is 2. The van der Waals surface area contributed by atoms with E-state index < -0.39 is 0 Å². The number of nitrogens with one attached hydrogen (secondary N) is 1. The van der Waals surface area contributed by atoms with Gasteiger partial charge in [-0.25, -0.2) is 0 Å². The number of rotatable bonds is 5. The molecule has 0 saturated heterocycles. The minimum Gasteiger partial charge on any atom is -0.352 e. The average Bonchev–Trinajstić information content (AvgIpc) is 2.50. The summed E-state index contributed by atoms with van der Waals surface area (Å²) in [4.78, 5) is 12.0. The molecule has 0 fully saturated rings. The lowest BCUT2D eigenvalue weighted by atomic mass is 10.1. The molecule has 0 aliphatic carbocycles. The van der Waals surface area contributed by atoms with Crippen LogP contribution in [0, 0.1) is 19.8 Å². The Morgan fingerprint density at radius 1 is 1.53 bits per heavy atom. The van der Waals surface area contributed by atoms with E-state index in [0.717, 1.165) is 17.8 Å². The van der Waals surface area contributed by atoms with Gasteiger partial charge in [-0.05, 0) is 26.2 Å². The molecule has 0 bridgehead atoms. The minimum atomic E-state index is -0.0467. The molecule has 1 heterocycles. The van der Waals surface area contributed by atoms with Gasteiger partial charge in [-0.2, -0.15) is 5.10 Å².